The molecule has 2 heterocycles. The van der Waals surface area contributed by atoms with Crippen molar-refractivity contribution >= 4 is 35.5 Å². The van der Waals surface area contributed by atoms with Crippen molar-refractivity contribution in [1.29, 1.82) is 0 Å². The topological polar surface area (TPSA) is 167 Å². The van der Waals surface area contributed by atoms with E-state index in [1.165, 1.54) is 6.42 Å². The van der Waals surface area contributed by atoms with Crippen LogP contribution < -0.4 is 10.6 Å². The minimum absolute atomic E-state index is 0.0293. The number of methoxy groups -OCH3 is 2. The van der Waals surface area contributed by atoms with E-state index >= 15 is 4.79 Å². The van der Waals surface area contributed by atoms with Crippen LogP contribution in [0.25, 0.3) is 0 Å². The van der Waals surface area contributed by atoms with Gasteiger partial charge in [0.2, 0.25) is 29.5 Å². The minimum Gasteiger partial charge on any atom is -0.462 e. The maximum Gasteiger partial charge on any atom is 0.302 e. The van der Waals surface area contributed by atoms with Gasteiger partial charge >= 0.3 is 5.97 Å². The number of amides is 5. The predicted molar refractivity (Wildman–Crippen MR) is 314 cm³/mol. The van der Waals surface area contributed by atoms with Gasteiger partial charge in [-0.15, -0.1) is 0 Å². The van der Waals surface area contributed by atoms with Gasteiger partial charge < -0.3 is 39.5 Å². The molecule has 0 aromatic heterocycles. The van der Waals surface area contributed by atoms with Crippen LogP contribution in [-0.2, 0) is 43.0 Å². The van der Waals surface area contributed by atoms with Gasteiger partial charge in [0.15, 0.2) is 0 Å². The molecule has 2 aliphatic heterocycles. The van der Waals surface area contributed by atoms with Crippen LogP contribution in [0.4, 0.5) is 0 Å². The van der Waals surface area contributed by atoms with Crippen molar-refractivity contribution in [3.63, 3.8) is 0 Å². The number of hydrogen-bond donors (Lipinski definition) is 2. The number of esters is 1. The van der Waals surface area contributed by atoms with Crippen LogP contribution in [0.2, 0.25) is 0 Å². The lowest BCUT2D eigenvalue weighted by Gasteiger charge is -2.73. The molecule has 456 valence electrons. The van der Waals surface area contributed by atoms with E-state index in [0.29, 0.717) is 49.7 Å². The molecule has 7 fully saturated rings. The zero-order valence-electron chi connectivity index (χ0n) is 53.7. The summed E-state index contributed by atoms with van der Waals surface area (Å²) in [6, 6.07) is -1.88. The fourth-order valence-corrected chi connectivity index (χ4v) is 19.9. The molecule has 1 unspecified atom stereocenters. The minimum atomic E-state index is -0.769. The smallest absolute Gasteiger partial charge is 0.302 e. The molecule has 0 spiro atoms. The highest BCUT2D eigenvalue weighted by Gasteiger charge is 2.75. The fraction of sp³-hybridized carbons (Fsp3) is 0.908. The van der Waals surface area contributed by atoms with Gasteiger partial charge in [-0.3, -0.25) is 33.7 Å². The van der Waals surface area contributed by atoms with Crippen LogP contribution in [-0.4, -0.2) is 159 Å². The molecule has 5 aliphatic carbocycles. The standard InChI is InChI=1S/C65H112N6O9/c1-21-40(6)53(69(18)58(76)51(38(2)3)67-57(75)52(39(4)5)68(16)17)45(78-19)37-49(73)70-35-22-23-44(70)54(79-20)41(7)56(74)66-34-36-71-55-50-43-24-25-47-62(13)28-27-48(80-42(8)72)61(11,12)46(62)26-29-64(47,15)63(43,14)31-33-65(50,59(71)77)32-30-60(55,9)10/h38-41,43-48,50-55H,21-37H2,1-20H3,(H,66,74)(H,67,75)/t40-,41+,43+,44-,45+,46-,47+,48-,50-,51-,52-,53-,54+,55?,62-,63+,64+,65-/m0/s1. The van der Waals surface area contributed by atoms with Crippen LogP contribution in [0.15, 0.2) is 0 Å². The number of likely N-dealkylation sites (tertiary alicyclic amines) is 2. The van der Waals surface area contributed by atoms with Gasteiger partial charge in [0.05, 0.1) is 48.1 Å². The van der Waals surface area contributed by atoms with Crippen molar-refractivity contribution in [3.05, 3.63) is 0 Å². The summed E-state index contributed by atoms with van der Waals surface area (Å²) in [5.41, 5.74) is -0.171. The first-order valence-corrected chi connectivity index (χ1v) is 31.6. The highest BCUT2D eigenvalue weighted by molar-refractivity contribution is 5.90. The third kappa shape index (κ3) is 10.9. The summed E-state index contributed by atoms with van der Waals surface area (Å²) in [5.74, 6) is 0.430. The van der Waals surface area contributed by atoms with Crippen LogP contribution in [0.3, 0.4) is 0 Å². The molecule has 5 amide bonds. The van der Waals surface area contributed by atoms with Gasteiger partial charge in [-0.05, 0) is 154 Å². The normalized spacial score (nSPS) is 35.9. The Morgan fingerprint density at radius 3 is 2.01 bits per heavy atom. The molecule has 0 aromatic carbocycles. The molecule has 7 aliphatic rings. The predicted octanol–water partition coefficient (Wildman–Crippen LogP) is 9.38. The van der Waals surface area contributed by atoms with Gasteiger partial charge in [-0.1, -0.05) is 103 Å². The summed E-state index contributed by atoms with van der Waals surface area (Å²) in [7, 11) is 8.72. The lowest BCUT2D eigenvalue weighted by atomic mass is 9.31. The number of rotatable bonds is 21. The summed E-state index contributed by atoms with van der Waals surface area (Å²) in [4.78, 5) is 92.4. The third-order valence-corrected chi connectivity index (χ3v) is 24.3. The second-order valence-electron chi connectivity index (χ2n) is 30.0. The lowest BCUT2D eigenvalue weighted by molar-refractivity contribution is -0.252. The molecule has 2 saturated heterocycles. The van der Waals surface area contributed by atoms with E-state index in [1.807, 2.05) is 58.5 Å². The summed E-state index contributed by atoms with van der Waals surface area (Å²) < 4.78 is 18.4. The monoisotopic (exact) mass is 1120 g/mol. The maximum absolute atomic E-state index is 15.3. The van der Waals surface area contributed by atoms with Crippen molar-refractivity contribution in [2.75, 3.05) is 55.0 Å². The van der Waals surface area contributed by atoms with Gasteiger partial charge in [0, 0.05) is 59.3 Å². The highest BCUT2D eigenvalue weighted by Crippen LogP contribution is 2.78. The Morgan fingerprint density at radius 1 is 0.762 bits per heavy atom. The molecule has 2 N–H and O–H groups in total. The van der Waals surface area contributed by atoms with E-state index in [1.54, 1.807) is 33.1 Å². The Kier molecular flexibility index (Phi) is 19.3. The lowest BCUT2D eigenvalue weighted by Crippen LogP contribution is -2.68. The number of nitrogens with one attached hydrogen (secondary N) is 2. The Hall–Kier alpha value is -3.30. The number of ether oxygens (including phenoxy) is 3. The molecule has 0 aromatic rings. The Balaban J connectivity index is 1.02. The Morgan fingerprint density at radius 2 is 1.43 bits per heavy atom. The largest absolute Gasteiger partial charge is 0.462 e. The number of likely N-dealkylation sites (N-methyl/N-ethyl adjacent to an activating group) is 2. The summed E-state index contributed by atoms with van der Waals surface area (Å²) in [6.45, 7) is 34.1. The summed E-state index contributed by atoms with van der Waals surface area (Å²) in [6.07, 6.45) is 11.5. The van der Waals surface area contributed by atoms with Crippen LogP contribution >= 0.6 is 0 Å². The molecule has 5 saturated carbocycles. The van der Waals surface area contributed by atoms with Gasteiger partial charge in [-0.2, -0.15) is 0 Å². The van der Waals surface area contributed by atoms with Crippen molar-refractivity contribution < 1.29 is 43.0 Å². The van der Waals surface area contributed by atoms with Crippen LogP contribution in [0.1, 0.15) is 194 Å². The first-order valence-electron chi connectivity index (χ1n) is 31.6. The summed E-state index contributed by atoms with van der Waals surface area (Å²) >= 11 is 0. The van der Waals surface area contributed by atoms with Crippen molar-refractivity contribution in [1.82, 2.24) is 30.2 Å². The van der Waals surface area contributed by atoms with E-state index in [0.717, 1.165) is 70.6 Å². The van der Waals surface area contributed by atoms with Crippen molar-refractivity contribution in [2.24, 2.45) is 79.8 Å². The van der Waals surface area contributed by atoms with Gasteiger partial charge in [-0.25, -0.2) is 0 Å². The first-order chi connectivity index (χ1) is 37.3. The second-order valence-corrected chi connectivity index (χ2v) is 30.0. The first kappa shape index (κ1) is 64.3. The van der Waals surface area contributed by atoms with Crippen LogP contribution in [0, 0.1) is 79.8 Å². The maximum atomic E-state index is 15.3. The average molecular weight is 1120 g/mol. The highest BCUT2D eigenvalue weighted by atomic mass is 16.5. The van der Waals surface area contributed by atoms with E-state index in [9.17, 15) is 24.0 Å². The van der Waals surface area contributed by atoms with Crippen LogP contribution in [0.5, 0.6) is 0 Å². The number of carbonyl (C=O) groups is 6. The van der Waals surface area contributed by atoms with Gasteiger partial charge in [0.1, 0.15) is 12.1 Å². The van der Waals surface area contributed by atoms with E-state index in [4.69, 9.17) is 14.2 Å². The number of fused-ring (bicyclic) bond motifs is 5. The quantitative estimate of drug-likeness (QED) is 0.106. The average Bonchev–Trinajstić information content (AvgIpc) is 2.21. The number of nitrogens with zero attached hydrogens (tertiary/aromatic N) is 4. The molecule has 15 heteroatoms. The van der Waals surface area contributed by atoms with E-state index in [2.05, 4.69) is 77.8 Å². The van der Waals surface area contributed by atoms with Gasteiger partial charge in [0.25, 0.3) is 0 Å². The zero-order chi connectivity index (χ0) is 59.6. The fourth-order valence-electron chi connectivity index (χ4n) is 19.9. The Labute approximate surface area is 484 Å². The third-order valence-electron chi connectivity index (χ3n) is 24.3. The molecule has 18 atom stereocenters. The number of carbonyl (C=O) groups excluding carboxylic acids is 6. The van der Waals surface area contributed by atoms with E-state index < -0.39 is 36.3 Å². The SMILES string of the molecule is CC[C@H](C)[C@@H]([C@@H](CC(=O)N1CCC[C@H]1[C@H](OC)[C@@H](C)C(=O)NCCN1C(=O)[C@]23CCC(C)(C)C1[C@@H]2[C@H]1CC[C@@H]2[C@@]4(C)CC[C@H](OC(C)=O)C(C)(C)[C@@H]4CC[C@@]2(C)[C@]1(C)CC3)OC)N(C)C(=O)[C@@H](NC(=O)[C@H](C(C)C)N(C)C)C(C)C. The summed E-state index contributed by atoms with van der Waals surface area (Å²) in [5, 5.41) is 6.35. The van der Waals surface area contributed by atoms with E-state index in [-0.39, 0.29) is 110 Å². The molecular weight excluding hydrogens is 1010 g/mol. The molecule has 7 rings (SSSR count). The molecule has 2 bridgehead atoms. The number of hydrogen-bond acceptors (Lipinski definition) is 10. The molecule has 15 nitrogen and oxygen atoms in total. The van der Waals surface area contributed by atoms with Crippen molar-refractivity contribution in [2.45, 2.75) is 242 Å². The van der Waals surface area contributed by atoms with Crippen molar-refractivity contribution in [3.8, 4) is 0 Å². The zero-order valence-corrected chi connectivity index (χ0v) is 53.7. The molecule has 80 heavy (non-hydrogen) atoms. The molecule has 0 radical (unpaired) electrons. The molecular formula is C65H112N6O9. The second kappa shape index (κ2) is 24.0. The Bertz CT molecular complexity index is 2260.